The Labute approximate surface area is 187 Å². The number of ether oxygens (including phenoxy) is 4. The molecular formula is C24H21NO4Po. The van der Waals surface area contributed by atoms with E-state index in [1.807, 2.05) is 18.2 Å². The summed E-state index contributed by atoms with van der Waals surface area (Å²) in [6.07, 6.45) is 0. The summed E-state index contributed by atoms with van der Waals surface area (Å²) in [5, 5.41) is 0. The summed E-state index contributed by atoms with van der Waals surface area (Å²) < 4.78 is 30.3. The number of methoxy groups -OCH3 is 1. The molecule has 0 spiro atoms. The van der Waals surface area contributed by atoms with Gasteiger partial charge in [0.1, 0.15) is 0 Å². The van der Waals surface area contributed by atoms with Crippen molar-refractivity contribution in [3.63, 3.8) is 0 Å². The SMILES string of the molecule is COc1ccc2c(c1)OCC1[C@H]2c2c[c]([Po][NH2])ccc2[C@@H]1c1ccc2c(c1)OCO2. The molecule has 0 saturated carbocycles. The van der Waals surface area contributed by atoms with Gasteiger partial charge in [-0.3, -0.25) is 0 Å². The van der Waals surface area contributed by atoms with Crippen molar-refractivity contribution in [2.24, 2.45) is 9.55 Å². The maximum absolute atomic E-state index is 6.26. The number of nitrogens with two attached hydrogens (primary N) is 1. The zero-order valence-corrected chi connectivity index (χ0v) is 19.6. The van der Waals surface area contributed by atoms with Gasteiger partial charge in [-0.2, -0.15) is 0 Å². The molecule has 0 aromatic heterocycles. The van der Waals surface area contributed by atoms with Crippen molar-refractivity contribution in [3.8, 4) is 23.0 Å². The van der Waals surface area contributed by atoms with E-state index in [9.17, 15) is 0 Å². The number of rotatable bonds is 3. The molecule has 3 aromatic carbocycles. The van der Waals surface area contributed by atoms with Gasteiger partial charge >= 0.3 is 188 Å². The van der Waals surface area contributed by atoms with Crippen molar-refractivity contribution in [3.05, 3.63) is 76.9 Å². The standard InChI is InChI=1S/C24H19O4.H2N.Po/c1-25-15-7-8-18-21(11-15)26-12-19-23(16-4-2-3-5-17(16)24(18)19)14-6-9-20-22(10-14)28-13-27-20;;/h2,4-11,19,23-24H,12-13H2,1H3;1H2;/q;-1;+1/t19?,23-,24-;;/m0../s1. The Bertz CT molecular complexity index is 1150. The second-order valence-corrected chi connectivity index (χ2v) is 10.6. The molecule has 3 aliphatic rings. The van der Waals surface area contributed by atoms with E-state index in [2.05, 4.69) is 36.4 Å². The van der Waals surface area contributed by atoms with E-state index in [4.69, 9.17) is 22.6 Å². The Morgan fingerprint density at radius 3 is 2.57 bits per heavy atom. The van der Waals surface area contributed by atoms with Gasteiger partial charge in [-0.1, -0.05) is 0 Å². The normalized spacial score (nSPS) is 22.7. The third kappa shape index (κ3) is 2.74. The van der Waals surface area contributed by atoms with Crippen LogP contribution in [0.25, 0.3) is 0 Å². The molecule has 0 bridgehead atoms. The maximum atomic E-state index is 6.26. The molecule has 0 saturated heterocycles. The fraction of sp³-hybridized carbons (Fsp3) is 0.250. The third-order valence-corrected chi connectivity index (χ3v) is 8.51. The van der Waals surface area contributed by atoms with Crippen LogP contribution in [-0.2, 0) is 0 Å². The van der Waals surface area contributed by atoms with E-state index >= 15 is 0 Å². The van der Waals surface area contributed by atoms with Crippen molar-refractivity contribution < 1.29 is 18.9 Å². The number of hydrogen-bond acceptors (Lipinski definition) is 5. The number of fused-ring (bicyclic) bond motifs is 6. The fourth-order valence-electron chi connectivity index (χ4n) is 5.17. The van der Waals surface area contributed by atoms with Crippen LogP contribution in [0.3, 0.4) is 0 Å². The molecule has 2 heterocycles. The molecule has 0 amide bonds. The van der Waals surface area contributed by atoms with E-state index in [1.165, 1.54) is 25.5 Å². The Morgan fingerprint density at radius 2 is 1.70 bits per heavy atom. The van der Waals surface area contributed by atoms with Crippen LogP contribution in [0, 0.1) is 5.92 Å². The average Bonchev–Trinajstić information content (AvgIpc) is 3.39. The van der Waals surface area contributed by atoms with Gasteiger partial charge in [0.25, 0.3) is 0 Å². The Kier molecular flexibility index (Phi) is 4.40. The van der Waals surface area contributed by atoms with Crippen LogP contribution in [0.5, 0.6) is 23.0 Å². The predicted molar refractivity (Wildman–Crippen MR) is 114 cm³/mol. The molecule has 3 atom stereocenters. The van der Waals surface area contributed by atoms with Gasteiger partial charge in [-0.15, -0.1) is 0 Å². The molecule has 3 aromatic rings. The summed E-state index contributed by atoms with van der Waals surface area (Å²) >= 11 is -0.975. The first kappa shape index (κ1) is 18.5. The van der Waals surface area contributed by atoms with Crippen molar-refractivity contribution in [2.45, 2.75) is 11.8 Å². The minimum absolute atomic E-state index is 0.242. The Morgan fingerprint density at radius 1 is 0.833 bits per heavy atom. The summed E-state index contributed by atoms with van der Waals surface area (Å²) in [6.45, 7) is 0.951. The first-order valence-electron chi connectivity index (χ1n) is 9.97. The van der Waals surface area contributed by atoms with E-state index < -0.39 is 23.9 Å². The number of benzene rings is 3. The molecule has 1 unspecified atom stereocenters. The molecule has 152 valence electrons. The van der Waals surface area contributed by atoms with Crippen molar-refractivity contribution >= 4 is 27.1 Å². The molecule has 2 aliphatic heterocycles. The second kappa shape index (κ2) is 7.15. The van der Waals surface area contributed by atoms with E-state index in [1.54, 1.807) is 7.11 Å². The molecule has 2 N–H and O–H groups in total. The van der Waals surface area contributed by atoms with Crippen LogP contribution in [0.1, 0.15) is 34.1 Å². The van der Waals surface area contributed by atoms with Gasteiger partial charge in [0.05, 0.1) is 0 Å². The van der Waals surface area contributed by atoms with Crippen molar-refractivity contribution in [1.29, 1.82) is 0 Å². The molecule has 6 heteroatoms. The van der Waals surface area contributed by atoms with Crippen LogP contribution in [0.2, 0.25) is 0 Å². The van der Waals surface area contributed by atoms with Crippen LogP contribution in [0.4, 0.5) is 0 Å². The summed E-state index contributed by atoms with van der Waals surface area (Å²) in [5.74, 6) is 4.23. The minimum atomic E-state index is -0.975. The van der Waals surface area contributed by atoms with Gasteiger partial charge < -0.3 is 0 Å². The molecule has 5 nitrogen and oxygen atoms in total. The summed E-state index contributed by atoms with van der Waals surface area (Å²) in [5.41, 5.74) is 5.23. The van der Waals surface area contributed by atoms with Crippen LogP contribution in [0.15, 0.2) is 54.6 Å². The number of hydrogen-bond donors (Lipinski definition) is 1. The summed E-state index contributed by atoms with van der Waals surface area (Å²) in [4.78, 5) is 0. The average molecular weight is 596 g/mol. The first-order valence-corrected chi connectivity index (χ1v) is 13.4. The quantitative estimate of drug-likeness (QED) is 0.504. The Hall–Kier alpha value is -2.28. The van der Waals surface area contributed by atoms with E-state index in [-0.39, 0.29) is 18.6 Å². The molecule has 30 heavy (non-hydrogen) atoms. The zero-order valence-electron chi connectivity index (χ0n) is 16.5. The molecule has 1 aliphatic carbocycles. The van der Waals surface area contributed by atoms with Gasteiger partial charge in [0.2, 0.25) is 0 Å². The second-order valence-electron chi connectivity index (χ2n) is 7.86. The predicted octanol–water partition coefficient (Wildman–Crippen LogP) is 2.91. The van der Waals surface area contributed by atoms with Crippen LogP contribution >= 0.6 is 0 Å². The van der Waals surface area contributed by atoms with Crippen LogP contribution in [-0.4, -0.2) is 44.4 Å². The first-order chi connectivity index (χ1) is 14.8. The Balaban J connectivity index is 1.52. The topological polar surface area (TPSA) is 62.9 Å². The van der Waals surface area contributed by atoms with Crippen molar-refractivity contribution in [1.82, 2.24) is 0 Å². The third-order valence-electron chi connectivity index (χ3n) is 6.46. The zero-order chi connectivity index (χ0) is 20.2. The summed E-state index contributed by atoms with van der Waals surface area (Å²) in [7, 11) is 1.69. The van der Waals surface area contributed by atoms with Crippen LogP contribution < -0.4 is 25.8 Å². The fourth-order valence-corrected chi connectivity index (χ4v) is 6.49. The summed E-state index contributed by atoms with van der Waals surface area (Å²) in [6, 6.07) is 19.4. The monoisotopic (exact) mass is 596 g/mol. The molecule has 0 radical (unpaired) electrons. The molecule has 6 rings (SSSR count). The van der Waals surface area contributed by atoms with E-state index in [0.29, 0.717) is 12.5 Å². The van der Waals surface area contributed by atoms with Crippen molar-refractivity contribution in [2.75, 3.05) is 20.5 Å². The molecular weight excluding hydrogens is 575 g/mol. The van der Waals surface area contributed by atoms with Gasteiger partial charge in [0, 0.05) is 0 Å². The molecule has 0 fully saturated rings. The van der Waals surface area contributed by atoms with Gasteiger partial charge in [0.15, 0.2) is 0 Å². The van der Waals surface area contributed by atoms with E-state index in [0.717, 1.165) is 23.0 Å². The van der Waals surface area contributed by atoms with Gasteiger partial charge in [-0.05, 0) is 0 Å². The van der Waals surface area contributed by atoms with Gasteiger partial charge in [-0.25, -0.2) is 0 Å².